The predicted octanol–water partition coefficient (Wildman–Crippen LogP) is 1.36. The smallest absolute Gasteiger partial charge is 0.415 e. The molecule has 0 aliphatic carbocycles. The van der Waals surface area contributed by atoms with Gasteiger partial charge in [-0.2, -0.15) is 0 Å². The number of benzene rings is 1. The Morgan fingerprint density at radius 3 is 2.73 bits per heavy atom. The lowest BCUT2D eigenvalue weighted by Crippen LogP contribution is -2.53. The van der Waals surface area contributed by atoms with Gasteiger partial charge in [-0.1, -0.05) is 0 Å². The van der Waals surface area contributed by atoms with Gasteiger partial charge in [-0.3, -0.25) is 19.2 Å². The van der Waals surface area contributed by atoms with Crippen LogP contribution in [0.5, 0.6) is 6.01 Å². The van der Waals surface area contributed by atoms with Crippen molar-refractivity contribution in [3.8, 4) is 6.01 Å². The van der Waals surface area contributed by atoms with Gasteiger partial charge in [0.05, 0.1) is 31.0 Å². The van der Waals surface area contributed by atoms with Crippen LogP contribution in [0.1, 0.15) is 13.8 Å². The molecule has 37 heavy (non-hydrogen) atoms. The molecule has 2 saturated heterocycles. The Morgan fingerprint density at radius 2 is 2.08 bits per heavy atom. The minimum atomic E-state index is -0.574. The number of nitrogens with zero attached hydrogens (tertiary/aromatic N) is 6. The summed E-state index contributed by atoms with van der Waals surface area (Å²) in [4.78, 5) is 43.2. The third-order valence-corrected chi connectivity index (χ3v) is 6.72. The number of carbonyl (C=O) groups is 2. The standard InChI is InChI=1S/C23H28FN7O6/c1-15(32)25-10-17-11-30(22(33)36-17)16-3-4-19(18(24)9-16)28-7-5-27(6-8-28)13-23(2)14-29-12-20(31(34)35)26-21(29)37-23/h3-4,9,12,17H,5-8,10-11,13-14H2,1-2H3,(H,25,32). The quantitative estimate of drug-likeness (QED) is 0.427. The van der Waals surface area contributed by atoms with Crippen molar-refractivity contribution in [2.24, 2.45) is 0 Å². The number of ether oxygens (including phenoxy) is 2. The van der Waals surface area contributed by atoms with E-state index >= 15 is 4.39 Å². The molecular weight excluding hydrogens is 489 g/mol. The van der Waals surface area contributed by atoms with E-state index in [9.17, 15) is 19.7 Å². The molecule has 2 aromatic rings. The van der Waals surface area contributed by atoms with Crippen molar-refractivity contribution in [3.63, 3.8) is 0 Å². The molecule has 2 atom stereocenters. The largest absolute Gasteiger partial charge is 0.442 e. The zero-order valence-corrected chi connectivity index (χ0v) is 20.6. The second-order valence-electron chi connectivity index (χ2n) is 9.77. The average Bonchev–Trinajstić information content (AvgIpc) is 3.49. The van der Waals surface area contributed by atoms with E-state index in [1.54, 1.807) is 16.7 Å². The van der Waals surface area contributed by atoms with Crippen LogP contribution in [0.25, 0.3) is 0 Å². The fourth-order valence-electron chi connectivity index (χ4n) is 5.00. The van der Waals surface area contributed by atoms with Crippen LogP contribution in [0, 0.1) is 15.9 Å². The second kappa shape index (κ2) is 9.50. The summed E-state index contributed by atoms with van der Waals surface area (Å²) in [5.41, 5.74) is 0.301. The van der Waals surface area contributed by atoms with Crippen LogP contribution >= 0.6 is 0 Å². The summed E-state index contributed by atoms with van der Waals surface area (Å²) in [6.45, 7) is 7.41. The molecule has 0 radical (unpaired) electrons. The molecule has 5 rings (SSSR count). The van der Waals surface area contributed by atoms with Gasteiger partial charge in [-0.25, -0.2) is 9.18 Å². The zero-order valence-electron chi connectivity index (χ0n) is 20.6. The van der Waals surface area contributed by atoms with E-state index in [2.05, 4.69) is 15.2 Å². The normalized spacial score (nSPS) is 23.5. The predicted molar refractivity (Wildman–Crippen MR) is 129 cm³/mol. The van der Waals surface area contributed by atoms with Crippen molar-refractivity contribution >= 4 is 29.2 Å². The first-order valence-electron chi connectivity index (χ1n) is 12.0. The Labute approximate surface area is 211 Å². The van der Waals surface area contributed by atoms with Gasteiger partial charge in [0.1, 0.15) is 23.7 Å². The second-order valence-corrected chi connectivity index (χ2v) is 9.77. The average molecular weight is 518 g/mol. The molecule has 1 N–H and O–H groups in total. The number of piperazine rings is 1. The maximum Gasteiger partial charge on any atom is 0.415 e. The highest BCUT2D eigenvalue weighted by molar-refractivity contribution is 5.90. The van der Waals surface area contributed by atoms with Gasteiger partial charge in [0.25, 0.3) is 0 Å². The number of fused-ring (bicyclic) bond motifs is 1. The summed E-state index contributed by atoms with van der Waals surface area (Å²) in [6, 6.07) is 4.94. The summed E-state index contributed by atoms with van der Waals surface area (Å²) in [7, 11) is 0. The van der Waals surface area contributed by atoms with Gasteiger partial charge >= 0.3 is 17.9 Å². The molecule has 2 fully saturated rings. The Bertz CT molecular complexity index is 1200. The van der Waals surface area contributed by atoms with Crippen LogP contribution < -0.4 is 19.9 Å². The monoisotopic (exact) mass is 517 g/mol. The van der Waals surface area contributed by atoms with Crippen LogP contribution in [0.4, 0.5) is 26.4 Å². The summed E-state index contributed by atoms with van der Waals surface area (Å²) in [5, 5.41) is 13.5. The highest BCUT2D eigenvalue weighted by Crippen LogP contribution is 2.32. The first kappa shape index (κ1) is 24.7. The minimum absolute atomic E-state index is 0.204. The molecular formula is C23H28FN7O6. The Morgan fingerprint density at radius 1 is 1.32 bits per heavy atom. The van der Waals surface area contributed by atoms with E-state index in [4.69, 9.17) is 9.47 Å². The number of anilines is 2. The number of hydrogen-bond donors (Lipinski definition) is 1. The molecule has 13 nitrogen and oxygen atoms in total. The Balaban J connectivity index is 1.15. The first-order valence-corrected chi connectivity index (χ1v) is 12.0. The van der Waals surface area contributed by atoms with Crippen molar-refractivity contribution < 1.29 is 28.4 Å². The third kappa shape index (κ3) is 5.14. The van der Waals surface area contributed by atoms with E-state index in [0.717, 1.165) is 0 Å². The number of aromatic nitrogens is 2. The van der Waals surface area contributed by atoms with Gasteiger partial charge < -0.3 is 29.8 Å². The van der Waals surface area contributed by atoms with Gasteiger partial charge in [-0.15, -0.1) is 0 Å². The molecule has 2 unspecified atom stereocenters. The molecule has 14 heteroatoms. The van der Waals surface area contributed by atoms with Gasteiger partial charge in [0.2, 0.25) is 5.91 Å². The number of nitro groups is 1. The summed E-state index contributed by atoms with van der Waals surface area (Å²) in [6.07, 6.45) is 0.318. The number of nitrogens with one attached hydrogen (secondary N) is 1. The van der Waals surface area contributed by atoms with Crippen molar-refractivity contribution in [2.45, 2.75) is 32.1 Å². The SMILES string of the molecule is CC(=O)NCC1CN(c2ccc(N3CCN(CC4(C)Cn5cc([N+](=O)[O-])nc5O4)CC3)c(F)c2)C(=O)O1. The molecule has 1 aromatic carbocycles. The lowest BCUT2D eigenvalue weighted by molar-refractivity contribution is -0.389. The number of carbonyl (C=O) groups excluding carboxylic acids is 2. The number of amides is 2. The fraction of sp³-hybridized carbons (Fsp3) is 0.522. The van der Waals surface area contributed by atoms with E-state index in [0.29, 0.717) is 50.6 Å². The van der Waals surface area contributed by atoms with Crippen LogP contribution in [0.3, 0.4) is 0 Å². The van der Waals surface area contributed by atoms with E-state index in [1.807, 2.05) is 11.8 Å². The number of halogens is 1. The van der Waals surface area contributed by atoms with Gasteiger partial charge in [-0.05, 0) is 30.0 Å². The number of rotatable bonds is 7. The zero-order chi connectivity index (χ0) is 26.3. The highest BCUT2D eigenvalue weighted by Gasteiger charge is 2.42. The fourth-order valence-corrected chi connectivity index (χ4v) is 5.00. The molecule has 4 heterocycles. The molecule has 3 aliphatic heterocycles. The first-order chi connectivity index (χ1) is 17.6. The van der Waals surface area contributed by atoms with Crippen molar-refractivity contribution in [2.75, 3.05) is 55.6 Å². The molecule has 1 aromatic heterocycles. The van der Waals surface area contributed by atoms with Crippen molar-refractivity contribution in [3.05, 3.63) is 40.3 Å². The van der Waals surface area contributed by atoms with Gasteiger partial charge in [0, 0.05) is 44.6 Å². The van der Waals surface area contributed by atoms with Crippen LogP contribution in [-0.4, -0.2) is 88.9 Å². The van der Waals surface area contributed by atoms with E-state index in [1.165, 1.54) is 24.1 Å². The summed E-state index contributed by atoms with van der Waals surface area (Å²) >= 11 is 0. The lowest BCUT2D eigenvalue weighted by atomic mass is 10.1. The third-order valence-electron chi connectivity index (χ3n) is 6.72. The summed E-state index contributed by atoms with van der Waals surface area (Å²) in [5.74, 6) is -0.875. The summed E-state index contributed by atoms with van der Waals surface area (Å²) < 4.78 is 27.9. The Kier molecular flexibility index (Phi) is 6.35. The Hall–Kier alpha value is -3.94. The molecule has 0 spiro atoms. The maximum atomic E-state index is 15.1. The molecule has 3 aliphatic rings. The van der Waals surface area contributed by atoms with Crippen LogP contribution in [0.15, 0.2) is 24.4 Å². The van der Waals surface area contributed by atoms with Crippen molar-refractivity contribution in [1.29, 1.82) is 0 Å². The number of imidazole rings is 1. The maximum absolute atomic E-state index is 15.1. The minimum Gasteiger partial charge on any atom is -0.442 e. The van der Waals surface area contributed by atoms with Crippen LogP contribution in [0.2, 0.25) is 0 Å². The molecule has 198 valence electrons. The lowest BCUT2D eigenvalue weighted by Gasteiger charge is -2.39. The molecule has 0 bridgehead atoms. The topological polar surface area (TPSA) is 135 Å². The van der Waals surface area contributed by atoms with E-state index in [-0.39, 0.29) is 30.8 Å². The molecule has 2 amide bonds. The number of cyclic esters (lactones) is 1. The molecule has 0 saturated carbocycles. The number of hydrogen-bond acceptors (Lipinski definition) is 9. The highest BCUT2D eigenvalue weighted by atomic mass is 19.1. The van der Waals surface area contributed by atoms with Gasteiger partial charge in [0.15, 0.2) is 0 Å². The van der Waals surface area contributed by atoms with Crippen LogP contribution in [-0.2, 0) is 16.1 Å². The van der Waals surface area contributed by atoms with E-state index < -0.39 is 28.5 Å². The van der Waals surface area contributed by atoms with Crippen molar-refractivity contribution in [1.82, 2.24) is 19.8 Å².